The number of likely N-dealkylation sites (N-methyl/N-ethyl adjacent to an activating group) is 1. The first-order valence-electron chi connectivity index (χ1n) is 6.69. The number of amides is 1. The SMILES string of the molecule is Cc1cccc(CCNCC(=O)N(C)C2CC2)c1. The predicted molar refractivity (Wildman–Crippen MR) is 73.5 cm³/mol. The van der Waals surface area contributed by atoms with Gasteiger partial charge in [0.1, 0.15) is 0 Å². The van der Waals surface area contributed by atoms with Crippen molar-refractivity contribution >= 4 is 5.91 Å². The summed E-state index contributed by atoms with van der Waals surface area (Å²) in [4.78, 5) is 13.6. The van der Waals surface area contributed by atoms with Crippen molar-refractivity contribution in [2.45, 2.75) is 32.2 Å². The van der Waals surface area contributed by atoms with E-state index in [4.69, 9.17) is 0 Å². The van der Waals surface area contributed by atoms with Crippen LogP contribution in [0, 0.1) is 6.92 Å². The second-order valence-corrected chi connectivity index (χ2v) is 5.15. The zero-order valence-corrected chi connectivity index (χ0v) is 11.3. The van der Waals surface area contributed by atoms with Crippen LogP contribution in [-0.2, 0) is 11.2 Å². The number of hydrogen-bond donors (Lipinski definition) is 1. The normalized spacial score (nSPS) is 14.6. The van der Waals surface area contributed by atoms with E-state index in [1.807, 2.05) is 11.9 Å². The molecular weight excluding hydrogens is 224 g/mol. The molecule has 0 spiro atoms. The minimum atomic E-state index is 0.210. The van der Waals surface area contributed by atoms with Crippen LogP contribution in [0.2, 0.25) is 0 Å². The van der Waals surface area contributed by atoms with Crippen molar-refractivity contribution in [1.29, 1.82) is 0 Å². The van der Waals surface area contributed by atoms with Gasteiger partial charge in [0.05, 0.1) is 6.54 Å². The molecule has 1 aliphatic rings. The molecule has 1 aromatic carbocycles. The van der Waals surface area contributed by atoms with Crippen molar-refractivity contribution in [1.82, 2.24) is 10.2 Å². The average Bonchev–Trinajstić information content (AvgIpc) is 3.17. The van der Waals surface area contributed by atoms with E-state index in [2.05, 4.69) is 36.5 Å². The van der Waals surface area contributed by atoms with Crippen molar-refractivity contribution in [3.63, 3.8) is 0 Å². The molecule has 0 aliphatic heterocycles. The molecule has 3 heteroatoms. The van der Waals surface area contributed by atoms with E-state index in [0.717, 1.165) is 13.0 Å². The largest absolute Gasteiger partial charge is 0.342 e. The van der Waals surface area contributed by atoms with Gasteiger partial charge in [-0.15, -0.1) is 0 Å². The summed E-state index contributed by atoms with van der Waals surface area (Å²) in [7, 11) is 1.90. The number of rotatable bonds is 6. The highest BCUT2D eigenvalue weighted by molar-refractivity contribution is 5.78. The molecule has 1 aliphatic carbocycles. The summed E-state index contributed by atoms with van der Waals surface area (Å²) < 4.78 is 0. The summed E-state index contributed by atoms with van der Waals surface area (Å²) in [6.45, 7) is 3.41. The smallest absolute Gasteiger partial charge is 0.236 e. The van der Waals surface area contributed by atoms with Gasteiger partial charge in [-0.05, 0) is 38.3 Å². The number of hydrogen-bond acceptors (Lipinski definition) is 2. The Morgan fingerprint density at radius 3 is 2.89 bits per heavy atom. The van der Waals surface area contributed by atoms with Gasteiger partial charge in [0.2, 0.25) is 5.91 Å². The Balaban J connectivity index is 1.65. The third-order valence-corrected chi connectivity index (χ3v) is 3.44. The molecule has 0 aromatic heterocycles. The molecule has 98 valence electrons. The lowest BCUT2D eigenvalue weighted by atomic mass is 10.1. The number of benzene rings is 1. The van der Waals surface area contributed by atoms with Gasteiger partial charge < -0.3 is 10.2 Å². The van der Waals surface area contributed by atoms with Crippen LogP contribution in [0.15, 0.2) is 24.3 Å². The first-order valence-corrected chi connectivity index (χ1v) is 6.69. The van der Waals surface area contributed by atoms with Crippen molar-refractivity contribution in [3.05, 3.63) is 35.4 Å². The van der Waals surface area contributed by atoms with Gasteiger partial charge in [-0.25, -0.2) is 0 Å². The van der Waals surface area contributed by atoms with Crippen LogP contribution in [0.5, 0.6) is 0 Å². The van der Waals surface area contributed by atoms with Crippen LogP contribution in [0.3, 0.4) is 0 Å². The van der Waals surface area contributed by atoms with Crippen molar-refractivity contribution < 1.29 is 4.79 Å². The highest BCUT2D eigenvalue weighted by atomic mass is 16.2. The lowest BCUT2D eigenvalue weighted by Crippen LogP contribution is -2.37. The van der Waals surface area contributed by atoms with Crippen LogP contribution in [-0.4, -0.2) is 37.0 Å². The Kier molecular flexibility index (Phi) is 4.37. The van der Waals surface area contributed by atoms with Gasteiger partial charge in [-0.1, -0.05) is 29.8 Å². The lowest BCUT2D eigenvalue weighted by Gasteiger charge is -2.16. The maximum atomic E-state index is 11.8. The summed E-state index contributed by atoms with van der Waals surface area (Å²) in [5.74, 6) is 0.210. The molecule has 0 heterocycles. The first-order chi connectivity index (χ1) is 8.66. The van der Waals surface area contributed by atoms with E-state index < -0.39 is 0 Å². The van der Waals surface area contributed by atoms with Crippen LogP contribution in [0.25, 0.3) is 0 Å². The maximum Gasteiger partial charge on any atom is 0.236 e. The Bertz CT molecular complexity index is 413. The Hall–Kier alpha value is -1.35. The fraction of sp³-hybridized carbons (Fsp3) is 0.533. The van der Waals surface area contributed by atoms with Gasteiger partial charge in [-0.2, -0.15) is 0 Å². The highest BCUT2D eigenvalue weighted by Gasteiger charge is 2.28. The van der Waals surface area contributed by atoms with E-state index in [1.165, 1.54) is 24.0 Å². The Morgan fingerprint density at radius 2 is 2.22 bits per heavy atom. The first kappa shape index (κ1) is 13.1. The predicted octanol–water partition coefficient (Wildman–Crippen LogP) is 1.75. The molecule has 3 nitrogen and oxygen atoms in total. The summed E-state index contributed by atoms with van der Waals surface area (Å²) in [5.41, 5.74) is 2.61. The van der Waals surface area contributed by atoms with E-state index >= 15 is 0 Å². The average molecular weight is 246 g/mol. The minimum Gasteiger partial charge on any atom is -0.342 e. The molecule has 0 bridgehead atoms. The van der Waals surface area contributed by atoms with Gasteiger partial charge in [0.15, 0.2) is 0 Å². The molecule has 0 radical (unpaired) electrons. The number of aryl methyl sites for hydroxylation is 1. The summed E-state index contributed by atoms with van der Waals surface area (Å²) in [6.07, 6.45) is 3.32. The van der Waals surface area contributed by atoms with E-state index in [0.29, 0.717) is 12.6 Å². The molecule has 1 saturated carbocycles. The van der Waals surface area contributed by atoms with Gasteiger partial charge in [-0.3, -0.25) is 4.79 Å². The van der Waals surface area contributed by atoms with Crippen LogP contribution < -0.4 is 5.32 Å². The second-order valence-electron chi connectivity index (χ2n) is 5.15. The molecule has 0 atom stereocenters. The Morgan fingerprint density at radius 1 is 1.44 bits per heavy atom. The van der Waals surface area contributed by atoms with E-state index in [-0.39, 0.29) is 5.91 Å². The van der Waals surface area contributed by atoms with E-state index in [9.17, 15) is 4.79 Å². The minimum absolute atomic E-state index is 0.210. The summed E-state index contributed by atoms with van der Waals surface area (Å²) in [6, 6.07) is 9.02. The molecule has 0 unspecified atom stereocenters. The zero-order chi connectivity index (χ0) is 13.0. The van der Waals surface area contributed by atoms with Crippen LogP contribution >= 0.6 is 0 Å². The number of carbonyl (C=O) groups is 1. The molecule has 0 saturated heterocycles. The molecule has 1 N–H and O–H groups in total. The molecule has 2 rings (SSSR count). The fourth-order valence-corrected chi connectivity index (χ4v) is 2.09. The van der Waals surface area contributed by atoms with Crippen LogP contribution in [0.1, 0.15) is 24.0 Å². The van der Waals surface area contributed by atoms with Crippen molar-refractivity contribution in [2.24, 2.45) is 0 Å². The Labute approximate surface area is 109 Å². The monoisotopic (exact) mass is 246 g/mol. The summed E-state index contributed by atoms with van der Waals surface area (Å²) in [5, 5.41) is 3.23. The molecule has 18 heavy (non-hydrogen) atoms. The summed E-state index contributed by atoms with van der Waals surface area (Å²) >= 11 is 0. The highest BCUT2D eigenvalue weighted by Crippen LogP contribution is 2.24. The lowest BCUT2D eigenvalue weighted by molar-refractivity contribution is -0.129. The van der Waals surface area contributed by atoms with E-state index in [1.54, 1.807) is 0 Å². The molecule has 1 amide bonds. The molecule has 1 aromatic rings. The van der Waals surface area contributed by atoms with Gasteiger partial charge >= 0.3 is 0 Å². The van der Waals surface area contributed by atoms with Crippen molar-refractivity contribution in [2.75, 3.05) is 20.1 Å². The number of nitrogens with zero attached hydrogens (tertiary/aromatic N) is 1. The van der Waals surface area contributed by atoms with Gasteiger partial charge in [0, 0.05) is 13.1 Å². The second kappa shape index (κ2) is 6.01. The standard InChI is InChI=1S/C15H22N2O/c1-12-4-3-5-13(10-12)8-9-16-11-15(18)17(2)14-6-7-14/h3-5,10,14,16H,6-9,11H2,1-2H3. The maximum absolute atomic E-state index is 11.8. The topological polar surface area (TPSA) is 32.3 Å². The molecular formula is C15H22N2O. The quantitative estimate of drug-likeness (QED) is 0.776. The molecule has 1 fully saturated rings. The fourth-order valence-electron chi connectivity index (χ4n) is 2.09. The number of carbonyl (C=O) groups excluding carboxylic acids is 1. The van der Waals surface area contributed by atoms with Crippen molar-refractivity contribution in [3.8, 4) is 0 Å². The van der Waals surface area contributed by atoms with Gasteiger partial charge in [0.25, 0.3) is 0 Å². The number of nitrogens with one attached hydrogen (secondary N) is 1. The third kappa shape index (κ3) is 3.84. The van der Waals surface area contributed by atoms with Crippen LogP contribution in [0.4, 0.5) is 0 Å². The zero-order valence-electron chi connectivity index (χ0n) is 11.3. The third-order valence-electron chi connectivity index (χ3n) is 3.44.